The van der Waals surface area contributed by atoms with Gasteiger partial charge in [0.2, 0.25) is 5.82 Å². The monoisotopic (exact) mass is 340 g/mol. The van der Waals surface area contributed by atoms with Crippen molar-refractivity contribution in [3.05, 3.63) is 41.0 Å². The Labute approximate surface area is 145 Å². The Morgan fingerprint density at radius 1 is 1.24 bits per heavy atom. The van der Waals surface area contributed by atoms with E-state index < -0.39 is 0 Å². The minimum absolute atomic E-state index is 0.0268. The van der Waals surface area contributed by atoms with E-state index in [1.807, 2.05) is 25.5 Å². The summed E-state index contributed by atoms with van der Waals surface area (Å²) in [4.78, 5) is 16.7. The molecule has 25 heavy (non-hydrogen) atoms. The lowest BCUT2D eigenvalue weighted by Gasteiger charge is -2.06. The molecule has 0 aliphatic carbocycles. The van der Waals surface area contributed by atoms with Crippen LogP contribution in [-0.2, 0) is 13.1 Å². The summed E-state index contributed by atoms with van der Waals surface area (Å²) < 4.78 is 7.08. The maximum Gasteiger partial charge on any atom is 0.291 e. The summed E-state index contributed by atoms with van der Waals surface area (Å²) >= 11 is 0. The van der Waals surface area contributed by atoms with E-state index in [0.29, 0.717) is 23.3 Å². The van der Waals surface area contributed by atoms with Crippen LogP contribution in [0.4, 0.5) is 0 Å². The molecule has 0 unspecified atom stereocenters. The highest BCUT2D eigenvalue weighted by Crippen LogP contribution is 2.17. The summed E-state index contributed by atoms with van der Waals surface area (Å²) in [6.45, 7) is 7.12. The van der Waals surface area contributed by atoms with Gasteiger partial charge in [0.25, 0.3) is 5.91 Å². The number of carbonyl (C=O) groups is 1. The third-order valence-corrected chi connectivity index (χ3v) is 4.12. The van der Waals surface area contributed by atoms with E-state index >= 15 is 0 Å². The maximum absolute atomic E-state index is 12.4. The molecule has 8 heteroatoms. The van der Waals surface area contributed by atoms with Gasteiger partial charge in [-0.3, -0.25) is 9.48 Å². The highest BCUT2D eigenvalue weighted by molar-refractivity contribution is 5.91. The Bertz CT molecular complexity index is 934. The standard InChI is InChI=1S/C17H20N6O2/c1-5-23-11(3)13(10(2)22-23)9-18-17(24)16-19-15-8-12(25-4)6-7-14(15)20-21-16/h6-8H,5,9H2,1-4H3,(H,18,24). The number of nitrogens with zero attached hydrogens (tertiary/aromatic N) is 5. The SMILES string of the molecule is CCn1nc(C)c(CNC(=O)c2nnc3ccc(OC)cc3n2)c1C. The highest BCUT2D eigenvalue weighted by Gasteiger charge is 2.15. The molecule has 3 aromatic rings. The average molecular weight is 340 g/mol. The zero-order chi connectivity index (χ0) is 18.0. The summed E-state index contributed by atoms with van der Waals surface area (Å²) in [5.74, 6) is 0.303. The summed E-state index contributed by atoms with van der Waals surface area (Å²) in [6.07, 6.45) is 0. The van der Waals surface area contributed by atoms with Crippen LogP contribution in [0.15, 0.2) is 18.2 Å². The Morgan fingerprint density at radius 2 is 2.04 bits per heavy atom. The average Bonchev–Trinajstić information content (AvgIpc) is 2.91. The number of aromatic nitrogens is 5. The molecule has 1 aromatic carbocycles. The number of benzene rings is 1. The Morgan fingerprint density at radius 3 is 2.72 bits per heavy atom. The fourth-order valence-corrected chi connectivity index (χ4v) is 2.68. The van der Waals surface area contributed by atoms with Gasteiger partial charge in [0.05, 0.1) is 18.3 Å². The van der Waals surface area contributed by atoms with E-state index in [2.05, 4.69) is 25.6 Å². The smallest absolute Gasteiger partial charge is 0.291 e. The van der Waals surface area contributed by atoms with E-state index in [1.165, 1.54) is 0 Å². The lowest BCUT2D eigenvalue weighted by atomic mass is 10.2. The van der Waals surface area contributed by atoms with Crippen molar-refractivity contribution < 1.29 is 9.53 Å². The molecule has 0 saturated carbocycles. The van der Waals surface area contributed by atoms with Crippen LogP contribution in [0.3, 0.4) is 0 Å². The number of fused-ring (bicyclic) bond motifs is 1. The van der Waals surface area contributed by atoms with Gasteiger partial charge < -0.3 is 10.1 Å². The van der Waals surface area contributed by atoms with Gasteiger partial charge in [0.1, 0.15) is 11.3 Å². The van der Waals surface area contributed by atoms with Crippen LogP contribution < -0.4 is 10.1 Å². The number of hydrogen-bond donors (Lipinski definition) is 1. The largest absolute Gasteiger partial charge is 0.497 e. The summed E-state index contributed by atoms with van der Waals surface area (Å²) in [5, 5.41) is 15.2. The summed E-state index contributed by atoms with van der Waals surface area (Å²) in [5.41, 5.74) is 4.12. The van der Waals surface area contributed by atoms with Gasteiger partial charge in [-0.25, -0.2) is 4.98 Å². The predicted octanol–water partition coefficient (Wildman–Crippen LogP) is 1.80. The molecule has 0 radical (unpaired) electrons. The van der Waals surface area contributed by atoms with Crippen molar-refractivity contribution in [2.45, 2.75) is 33.9 Å². The molecule has 1 N–H and O–H groups in total. The maximum atomic E-state index is 12.4. The van der Waals surface area contributed by atoms with Gasteiger partial charge in [0.15, 0.2) is 0 Å². The third-order valence-electron chi connectivity index (χ3n) is 4.12. The van der Waals surface area contributed by atoms with Crippen LogP contribution >= 0.6 is 0 Å². The molecule has 0 aliphatic heterocycles. The van der Waals surface area contributed by atoms with E-state index in [9.17, 15) is 4.79 Å². The van der Waals surface area contributed by atoms with E-state index in [4.69, 9.17) is 4.74 Å². The number of ether oxygens (including phenoxy) is 1. The van der Waals surface area contributed by atoms with Crippen LogP contribution in [0.5, 0.6) is 5.75 Å². The molecule has 0 aliphatic rings. The first kappa shape index (κ1) is 16.8. The molecule has 0 bridgehead atoms. The molecule has 3 rings (SSSR count). The summed E-state index contributed by atoms with van der Waals surface area (Å²) in [6, 6.07) is 5.25. The number of methoxy groups -OCH3 is 1. The molecular weight excluding hydrogens is 320 g/mol. The minimum Gasteiger partial charge on any atom is -0.497 e. The summed E-state index contributed by atoms with van der Waals surface area (Å²) in [7, 11) is 1.57. The molecule has 2 heterocycles. The highest BCUT2D eigenvalue weighted by atomic mass is 16.5. The third kappa shape index (κ3) is 3.28. The van der Waals surface area contributed by atoms with Crippen LogP contribution in [0.2, 0.25) is 0 Å². The second-order valence-electron chi connectivity index (χ2n) is 5.64. The Kier molecular flexibility index (Phi) is 4.60. The number of rotatable bonds is 5. The Hall–Kier alpha value is -3.03. The number of aryl methyl sites for hydroxylation is 2. The predicted molar refractivity (Wildman–Crippen MR) is 92.4 cm³/mol. The number of amides is 1. The zero-order valence-electron chi connectivity index (χ0n) is 14.7. The fraction of sp³-hybridized carbons (Fsp3) is 0.353. The number of nitrogens with one attached hydrogen (secondary N) is 1. The second-order valence-corrected chi connectivity index (χ2v) is 5.64. The van der Waals surface area contributed by atoms with Crippen molar-refractivity contribution >= 4 is 16.9 Å². The molecule has 0 saturated heterocycles. The molecule has 0 atom stereocenters. The number of carbonyl (C=O) groups excluding carboxylic acids is 1. The van der Waals surface area contributed by atoms with Crippen LogP contribution in [0.25, 0.3) is 11.0 Å². The molecule has 1 amide bonds. The van der Waals surface area contributed by atoms with E-state index in [1.54, 1.807) is 25.3 Å². The van der Waals surface area contributed by atoms with Crippen LogP contribution in [0.1, 0.15) is 34.5 Å². The van der Waals surface area contributed by atoms with Gasteiger partial charge in [0, 0.05) is 30.4 Å². The van der Waals surface area contributed by atoms with Crippen molar-refractivity contribution in [3.63, 3.8) is 0 Å². The first-order chi connectivity index (χ1) is 12.0. The van der Waals surface area contributed by atoms with Gasteiger partial charge in [-0.15, -0.1) is 10.2 Å². The molecule has 2 aromatic heterocycles. The quantitative estimate of drug-likeness (QED) is 0.761. The van der Waals surface area contributed by atoms with Crippen molar-refractivity contribution in [1.82, 2.24) is 30.3 Å². The van der Waals surface area contributed by atoms with Crippen molar-refractivity contribution in [1.29, 1.82) is 0 Å². The van der Waals surface area contributed by atoms with E-state index in [-0.39, 0.29) is 11.7 Å². The topological polar surface area (TPSA) is 94.8 Å². The second kappa shape index (κ2) is 6.84. The lowest BCUT2D eigenvalue weighted by Crippen LogP contribution is -2.26. The fourth-order valence-electron chi connectivity index (χ4n) is 2.68. The molecule has 0 spiro atoms. The normalized spacial score (nSPS) is 10.9. The first-order valence-electron chi connectivity index (χ1n) is 8.03. The molecule has 130 valence electrons. The number of hydrogen-bond acceptors (Lipinski definition) is 6. The van der Waals surface area contributed by atoms with E-state index in [0.717, 1.165) is 23.5 Å². The van der Waals surface area contributed by atoms with Gasteiger partial charge in [-0.2, -0.15) is 5.10 Å². The van der Waals surface area contributed by atoms with Crippen molar-refractivity contribution in [2.75, 3.05) is 7.11 Å². The first-order valence-corrected chi connectivity index (χ1v) is 8.03. The van der Waals surface area contributed by atoms with Crippen LogP contribution in [-0.4, -0.2) is 38.0 Å². The van der Waals surface area contributed by atoms with Crippen molar-refractivity contribution in [3.8, 4) is 5.75 Å². The van der Waals surface area contributed by atoms with Gasteiger partial charge in [-0.05, 0) is 32.9 Å². The lowest BCUT2D eigenvalue weighted by molar-refractivity contribution is 0.0939. The van der Waals surface area contributed by atoms with Gasteiger partial charge in [-0.1, -0.05) is 0 Å². The van der Waals surface area contributed by atoms with Crippen LogP contribution in [0, 0.1) is 13.8 Å². The zero-order valence-corrected chi connectivity index (χ0v) is 14.7. The Balaban J connectivity index is 1.79. The van der Waals surface area contributed by atoms with Gasteiger partial charge >= 0.3 is 0 Å². The molecule has 0 fully saturated rings. The molecule has 8 nitrogen and oxygen atoms in total. The molecular formula is C17H20N6O2. The van der Waals surface area contributed by atoms with Crippen molar-refractivity contribution in [2.24, 2.45) is 0 Å². The minimum atomic E-state index is -0.375.